The molecule has 2 N–H and O–H groups in total. The van der Waals surface area contributed by atoms with Crippen LogP contribution in [0.4, 0.5) is 0 Å². The van der Waals surface area contributed by atoms with E-state index in [1.807, 2.05) is 0 Å². The summed E-state index contributed by atoms with van der Waals surface area (Å²) in [4.78, 5) is 21.4. The quantitative estimate of drug-likeness (QED) is 0.375. The molecular formula is C16H26O8. The van der Waals surface area contributed by atoms with Crippen molar-refractivity contribution in [2.75, 3.05) is 39.6 Å². The van der Waals surface area contributed by atoms with Crippen LogP contribution in [0.25, 0.3) is 0 Å². The van der Waals surface area contributed by atoms with E-state index >= 15 is 0 Å². The predicted octanol–water partition coefficient (Wildman–Crippen LogP) is -0.0200. The molecule has 2 unspecified atom stereocenters. The first-order valence-corrected chi connectivity index (χ1v) is 7.42. The molecule has 0 aromatic rings. The van der Waals surface area contributed by atoms with E-state index in [1.54, 1.807) is 13.8 Å². The van der Waals surface area contributed by atoms with E-state index < -0.39 is 0 Å². The number of hydrogen-bond acceptors (Lipinski definition) is 8. The summed E-state index contributed by atoms with van der Waals surface area (Å²) in [5, 5.41) is 15.2. The second kappa shape index (κ2) is 12.7. The Labute approximate surface area is 141 Å². The molecule has 2 heterocycles. The van der Waals surface area contributed by atoms with Gasteiger partial charge in [-0.2, -0.15) is 0 Å². The molecule has 2 saturated heterocycles. The van der Waals surface area contributed by atoms with Crippen molar-refractivity contribution in [3.63, 3.8) is 0 Å². The summed E-state index contributed by atoms with van der Waals surface area (Å²) in [5.41, 5.74) is 0.862. The Bertz CT molecular complexity index is 384. The molecule has 2 atom stereocenters. The van der Waals surface area contributed by atoms with E-state index in [9.17, 15) is 9.59 Å². The molecule has 0 saturated carbocycles. The Kier molecular flexibility index (Phi) is 11.7. The normalized spacial score (nSPS) is 19.5. The summed E-state index contributed by atoms with van der Waals surface area (Å²) < 4.78 is 19.2. The van der Waals surface area contributed by atoms with Crippen LogP contribution in [0.3, 0.4) is 0 Å². The van der Waals surface area contributed by atoms with Crippen molar-refractivity contribution in [2.24, 2.45) is 0 Å². The molecule has 2 rings (SSSR count). The van der Waals surface area contributed by atoms with Crippen LogP contribution in [0.5, 0.6) is 0 Å². The number of ether oxygens (including phenoxy) is 4. The van der Waals surface area contributed by atoms with E-state index in [2.05, 4.69) is 13.2 Å². The Hall–Kier alpha value is -1.74. The van der Waals surface area contributed by atoms with Crippen molar-refractivity contribution in [1.82, 2.24) is 0 Å². The zero-order chi connectivity index (χ0) is 18.5. The third kappa shape index (κ3) is 13.9. The molecule has 0 radical (unpaired) electrons. The third-order valence-electron chi connectivity index (χ3n) is 2.40. The molecule has 0 aromatic heterocycles. The van der Waals surface area contributed by atoms with Crippen molar-refractivity contribution in [3.05, 3.63) is 24.3 Å². The van der Waals surface area contributed by atoms with Crippen LogP contribution in [-0.2, 0) is 28.5 Å². The molecular weight excluding hydrogens is 320 g/mol. The molecule has 2 aliphatic rings. The molecule has 0 bridgehead atoms. The first-order chi connectivity index (χ1) is 11.3. The summed E-state index contributed by atoms with van der Waals surface area (Å²) in [5.74, 6) is -0.675. The van der Waals surface area contributed by atoms with Crippen LogP contribution in [-0.4, -0.2) is 74.0 Å². The van der Waals surface area contributed by atoms with Gasteiger partial charge in [0.25, 0.3) is 0 Å². The minimum atomic E-state index is -0.337. The van der Waals surface area contributed by atoms with Crippen molar-refractivity contribution in [3.8, 4) is 0 Å². The average Bonchev–Trinajstić information content (AvgIpc) is 3.45. The summed E-state index contributed by atoms with van der Waals surface area (Å²) in [6.45, 7) is 12.0. The lowest BCUT2D eigenvalue weighted by Crippen LogP contribution is -2.09. The van der Waals surface area contributed by atoms with Gasteiger partial charge in [0.1, 0.15) is 25.4 Å². The van der Waals surface area contributed by atoms with Gasteiger partial charge in [0.2, 0.25) is 0 Å². The van der Waals surface area contributed by atoms with Crippen LogP contribution in [0.15, 0.2) is 24.3 Å². The Balaban J connectivity index is 0.000000363. The van der Waals surface area contributed by atoms with E-state index in [-0.39, 0.29) is 37.4 Å². The lowest BCUT2D eigenvalue weighted by atomic mass is 10.4. The second-order valence-electron chi connectivity index (χ2n) is 5.12. The van der Waals surface area contributed by atoms with Crippen LogP contribution in [0.1, 0.15) is 13.8 Å². The smallest absolute Gasteiger partial charge is 0.333 e. The summed E-state index contributed by atoms with van der Waals surface area (Å²) in [7, 11) is 0. The van der Waals surface area contributed by atoms with Crippen molar-refractivity contribution in [2.45, 2.75) is 26.1 Å². The van der Waals surface area contributed by atoms with Gasteiger partial charge in [-0.1, -0.05) is 13.2 Å². The predicted molar refractivity (Wildman–Crippen MR) is 85.2 cm³/mol. The molecule has 0 aliphatic carbocycles. The van der Waals surface area contributed by atoms with Gasteiger partial charge >= 0.3 is 11.9 Å². The topological polar surface area (TPSA) is 118 Å². The van der Waals surface area contributed by atoms with Gasteiger partial charge in [0.05, 0.1) is 26.4 Å². The molecule has 2 aliphatic heterocycles. The SMILES string of the molecule is C=C(C)C(=O)OCC1CO1.C=C(C)C(=O)OCC1CO1.OCCO. The minimum Gasteiger partial charge on any atom is -0.459 e. The largest absolute Gasteiger partial charge is 0.459 e. The summed E-state index contributed by atoms with van der Waals surface area (Å²) in [6.07, 6.45) is 0.284. The molecule has 0 spiro atoms. The maximum absolute atomic E-state index is 10.7. The highest BCUT2D eigenvalue weighted by molar-refractivity contribution is 5.87. The van der Waals surface area contributed by atoms with Gasteiger partial charge in [0, 0.05) is 11.1 Å². The number of aliphatic hydroxyl groups is 2. The van der Waals surface area contributed by atoms with Gasteiger partial charge in [-0.3, -0.25) is 0 Å². The van der Waals surface area contributed by atoms with Crippen LogP contribution < -0.4 is 0 Å². The number of rotatable bonds is 7. The van der Waals surface area contributed by atoms with E-state index in [1.165, 1.54) is 0 Å². The third-order valence-corrected chi connectivity index (χ3v) is 2.40. The van der Waals surface area contributed by atoms with Crippen LogP contribution in [0, 0.1) is 0 Å². The molecule has 24 heavy (non-hydrogen) atoms. The minimum absolute atomic E-state index is 0.125. The molecule has 0 aromatic carbocycles. The highest BCUT2D eigenvalue weighted by Gasteiger charge is 2.24. The molecule has 8 heteroatoms. The Morgan fingerprint density at radius 1 is 0.917 bits per heavy atom. The van der Waals surface area contributed by atoms with Crippen molar-refractivity contribution < 1.29 is 38.7 Å². The lowest BCUT2D eigenvalue weighted by molar-refractivity contribution is -0.140. The molecule has 2 fully saturated rings. The average molecular weight is 346 g/mol. The van der Waals surface area contributed by atoms with Gasteiger partial charge in [-0.15, -0.1) is 0 Å². The molecule has 0 amide bonds. The van der Waals surface area contributed by atoms with Crippen molar-refractivity contribution in [1.29, 1.82) is 0 Å². The fourth-order valence-electron chi connectivity index (χ4n) is 0.912. The number of aliphatic hydroxyl groups excluding tert-OH is 2. The Morgan fingerprint density at radius 3 is 1.38 bits per heavy atom. The number of hydrogen-bond donors (Lipinski definition) is 2. The van der Waals surface area contributed by atoms with Gasteiger partial charge in [-0.05, 0) is 13.8 Å². The zero-order valence-corrected chi connectivity index (χ0v) is 14.2. The van der Waals surface area contributed by atoms with E-state index in [0.717, 1.165) is 0 Å². The maximum Gasteiger partial charge on any atom is 0.333 e. The van der Waals surface area contributed by atoms with Gasteiger partial charge in [0.15, 0.2) is 0 Å². The van der Waals surface area contributed by atoms with Gasteiger partial charge < -0.3 is 29.2 Å². The van der Waals surface area contributed by atoms with Gasteiger partial charge in [-0.25, -0.2) is 9.59 Å². The number of esters is 2. The van der Waals surface area contributed by atoms with Crippen LogP contribution in [0.2, 0.25) is 0 Å². The number of epoxide rings is 2. The second-order valence-corrected chi connectivity index (χ2v) is 5.12. The number of carbonyl (C=O) groups is 2. The zero-order valence-electron chi connectivity index (χ0n) is 14.2. The molecule has 8 nitrogen and oxygen atoms in total. The highest BCUT2D eigenvalue weighted by atomic mass is 16.6. The van der Waals surface area contributed by atoms with Crippen LogP contribution >= 0.6 is 0 Å². The lowest BCUT2D eigenvalue weighted by Gasteiger charge is -1.99. The van der Waals surface area contributed by atoms with Crippen molar-refractivity contribution >= 4 is 11.9 Å². The highest BCUT2D eigenvalue weighted by Crippen LogP contribution is 2.09. The van der Waals surface area contributed by atoms with E-state index in [0.29, 0.717) is 37.6 Å². The molecule has 138 valence electrons. The fourth-order valence-corrected chi connectivity index (χ4v) is 0.912. The number of carbonyl (C=O) groups excluding carboxylic acids is 2. The van der Waals surface area contributed by atoms with E-state index in [4.69, 9.17) is 29.2 Å². The first-order valence-electron chi connectivity index (χ1n) is 7.42. The first kappa shape index (κ1) is 22.3. The fraction of sp³-hybridized carbons (Fsp3) is 0.625. The monoisotopic (exact) mass is 346 g/mol. The Morgan fingerprint density at radius 2 is 1.21 bits per heavy atom. The summed E-state index contributed by atoms with van der Waals surface area (Å²) >= 11 is 0. The standard InChI is InChI=1S/2C7H10O3.C2H6O2/c2*1-5(2)7(8)10-4-6-3-9-6;3-1-2-4/h2*6H,1,3-4H2,2H3;3-4H,1-2H2. The maximum atomic E-state index is 10.7. The summed E-state index contributed by atoms with van der Waals surface area (Å²) in [6, 6.07) is 0.